The van der Waals surface area contributed by atoms with Crippen LogP contribution in [-0.4, -0.2) is 17.0 Å². The number of hydrogen-bond donors (Lipinski definition) is 1. The van der Waals surface area contributed by atoms with Gasteiger partial charge in [0.2, 0.25) is 0 Å². The van der Waals surface area contributed by atoms with E-state index < -0.39 is 6.10 Å². The first-order chi connectivity index (χ1) is 4.46. The summed E-state index contributed by atoms with van der Waals surface area (Å²) < 4.78 is 0. The van der Waals surface area contributed by atoms with Crippen LogP contribution < -0.4 is 0 Å². The molecule has 0 aliphatic rings. The molecule has 0 amide bonds. The Balaban J connectivity index is 3.95. The predicted octanol–water partition coefficient (Wildman–Crippen LogP) is 1.23. The van der Waals surface area contributed by atoms with Crippen LogP contribution in [0.4, 0.5) is 0 Å². The molecule has 60 valence electrons. The second-order valence-corrected chi connectivity index (χ2v) is 3.25. The molecule has 1 atom stereocenters. The lowest BCUT2D eigenvalue weighted by Gasteiger charge is -2.14. The summed E-state index contributed by atoms with van der Waals surface area (Å²) in [4.78, 5) is 11.0. The molecular formula is C8H16O2. The first-order valence-electron chi connectivity index (χ1n) is 3.68. The van der Waals surface area contributed by atoms with Crippen LogP contribution in [0.3, 0.4) is 0 Å². The summed E-state index contributed by atoms with van der Waals surface area (Å²) in [5.41, 5.74) is 0. The molecule has 0 aromatic rings. The fourth-order valence-corrected chi connectivity index (χ4v) is 0.670. The van der Waals surface area contributed by atoms with E-state index in [-0.39, 0.29) is 17.6 Å². The Morgan fingerprint density at radius 1 is 1.20 bits per heavy atom. The Bertz CT molecular complexity index is 116. The fourth-order valence-electron chi connectivity index (χ4n) is 0.670. The Morgan fingerprint density at radius 3 is 1.70 bits per heavy atom. The molecule has 0 heterocycles. The van der Waals surface area contributed by atoms with Gasteiger partial charge in [0.1, 0.15) is 6.10 Å². The largest absolute Gasteiger partial charge is 0.385 e. The van der Waals surface area contributed by atoms with Crippen LogP contribution in [-0.2, 0) is 4.79 Å². The highest BCUT2D eigenvalue weighted by molar-refractivity contribution is 5.84. The molecule has 0 aromatic carbocycles. The predicted molar refractivity (Wildman–Crippen MR) is 40.7 cm³/mol. The topological polar surface area (TPSA) is 37.3 Å². The van der Waals surface area contributed by atoms with E-state index in [2.05, 4.69) is 0 Å². The maximum absolute atomic E-state index is 11.0. The van der Waals surface area contributed by atoms with Gasteiger partial charge in [-0.05, 0) is 5.92 Å². The van der Waals surface area contributed by atoms with Crippen molar-refractivity contribution in [1.82, 2.24) is 0 Å². The molecule has 2 nitrogen and oxygen atoms in total. The third kappa shape index (κ3) is 2.48. The van der Waals surface area contributed by atoms with Gasteiger partial charge in [-0.1, -0.05) is 27.7 Å². The lowest BCUT2D eigenvalue weighted by atomic mass is 9.96. The quantitative estimate of drug-likeness (QED) is 0.646. The second kappa shape index (κ2) is 3.71. The summed E-state index contributed by atoms with van der Waals surface area (Å²) in [6, 6.07) is 0. The number of hydrogen-bond acceptors (Lipinski definition) is 2. The van der Waals surface area contributed by atoms with E-state index in [1.807, 2.05) is 13.8 Å². The van der Waals surface area contributed by atoms with Gasteiger partial charge < -0.3 is 5.11 Å². The van der Waals surface area contributed by atoms with Gasteiger partial charge >= 0.3 is 0 Å². The van der Waals surface area contributed by atoms with Gasteiger partial charge in [-0.3, -0.25) is 4.79 Å². The smallest absolute Gasteiger partial charge is 0.164 e. The van der Waals surface area contributed by atoms with Crippen molar-refractivity contribution in [2.24, 2.45) is 11.8 Å². The number of carbonyl (C=O) groups excluding carboxylic acids is 1. The highest BCUT2D eigenvalue weighted by Crippen LogP contribution is 2.07. The molecule has 0 saturated carbocycles. The van der Waals surface area contributed by atoms with E-state index in [1.165, 1.54) is 0 Å². The van der Waals surface area contributed by atoms with E-state index in [0.29, 0.717) is 0 Å². The van der Waals surface area contributed by atoms with Gasteiger partial charge in [-0.2, -0.15) is 0 Å². The van der Waals surface area contributed by atoms with Crippen molar-refractivity contribution >= 4 is 5.78 Å². The van der Waals surface area contributed by atoms with Crippen LogP contribution in [0.1, 0.15) is 27.7 Å². The van der Waals surface area contributed by atoms with E-state index >= 15 is 0 Å². The third-order valence-electron chi connectivity index (χ3n) is 1.49. The van der Waals surface area contributed by atoms with Crippen molar-refractivity contribution < 1.29 is 9.90 Å². The molecule has 0 aromatic heterocycles. The van der Waals surface area contributed by atoms with Gasteiger partial charge in [0.05, 0.1) is 0 Å². The minimum absolute atomic E-state index is 0.0369. The first-order valence-corrected chi connectivity index (χ1v) is 3.68. The number of Topliss-reactive ketones (excluding diaryl/α,β-unsaturated/α-hetero) is 1. The number of aliphatic hydroxyl groups is 1. The molecule has 0 bridgehead atoms. The van der Waals surface area contributed by atoms with Crippen molar-refractivity contribution in [3.05, 3.63) is 0 Å². The average molecular weight is 144 g/mol. The maximum Gasteiger partial charge on any atom is 0.164 e. The highest BCUT2D eigenvalue weighted by atomic mass is 16.3. The first kappa shape index (κ1) is 9.63. The Labute approximate surface area is 62.2 Å². The van der Waals surface area contributed by atoms with Crippen LogP contribution in [0.15, 0.2) is 0 Å². The molecule has 0 radical (unpaired) electrons. The van der Waals surface area contributed by atoms with Gasteiger partial charge in [0.15, 0.2) is 5.78 Å². The number of rotatable bonds is 3. The summed E-state index contributed by atoms with van der Waals surface area (Å²) in [7, 11) is 0. The molecule has 0 saturated heterocycles. The van der Waals surface area contributed by atoms with Crippen LogP contribution in [0, 0.1) is 11.8 Å². The van der Waals surface area contributed by atoms with Gasteiger partial charge in [0, 0.05) is 5.92 Å². The molecule has 0 aliphatic carbocycles. The highest BCUT2D eigenvalue weighted by Gasteiger charge is 2.20. The van der Waals surface area contributed by atoms with Crippen LogP contribution in [0.5, 0.6) is 0 Å². The Morgan fingerprint density at radius 2 is 1.60 bits per heavy atom. The molecule has 0 spiro atoms. The molecular weight excluding hydrogens is 128 g/mol. The summed E-state index contributed by atoms with van der Waals surface area (Å²) in [5, 5.41) is 9.22. The standard InChI is InChI=1S/C8H16O2/c1-5(2)7(9)8(10)6(3)4/h5-7,9H,1-4H3/t7-/m1/s1. The molecule has 0 unspecified atom stereocenters. The fraction of sp³-hybridized carbons (Fsp3) is 0.875. The molecule has 0 aliphatic heterocycles. The summed E-state index contributed by atoms with van der Waals surface area (Å²) in [5.74, 6) is -0.0812. The van der Waals surface area contributed by atoms with Gasteiger partial charge in [-0.15, -0.1) is 0 Å². The summed E-state index contributed by atoms with van der Waals surface area (Å²) in [6.45, 7) is 7.28. The Hall–Kier alpha value is -0.370. The zero-order valence-electron chi connectivity index (χ0n) is 7.09. The van der Waals surface area contributed by atoms with Crippen molar-refractivity contribution in [3.63, 3.8) is 0 Å². The molecule has 0 rings (SSSR count). The number of aliphatic hydroxyl groups excluding tert-OH is 1. The number of ketones is 1. The molecule has 1 N–H and O–H groups in total. The average Bonchev–Trinajstić information content (AvgIpc) is 1.84. The SMILES string of the molecule is CC(C)C(=O)[C@H](O)C(C)C. The maximum atomic E-state index is 11.0. The van der Waals surface area contributed by atoms with Crippen molar-refractivity contribution in [2.75, 3.05) is 0 Å². The van der Waals surface area contributed by atoms with Gasteiger partial charge in [0.25, 0.3) is 0 Å². The summed E-state index contributed by atoms with van der Waals surface area (Å²) >= 11 is 0. The molecule has 10 heavy (non-hydrogen) atoms. The van der Waals surface area contributed by atoms with Crippen molar-refractivity contribution in [3.8, 4) is 0 Å². The molecule has 0 fully saturated rings. The second-order valence-electron chi connectivity index (χ2n) is 3.25. The lowest BCUT2D eigenvalue weighted by molar-refractivity contribution is -0.132. The van der Waals surface area contributed by atoms with Gasteiger partial charge in [-0.25, -0.2) is 0 Å². The molecule has 2 heteroatoms. The minimum atomic E-state index is -0.778. The van der Waals surface area contributed by atoms with E-state index in [0.717, 1.165) is 0 Å². The number of carbonyl (C=O) groups is 1. The van der Waals surface area contributed by atoms with E-state index in [1.54, 1.807) is 13.8 Å². The van der Waals surface area contributed by atoms with Crippen molar-refractivity contribution in [2.45, 2.75) is 33.8 Å². The zero-order valence-corrected chi connectivity index (χ0v) is 7.09. The van der Waals surface area contributed by atoms with E-state index in [4.69, 9.17) is 0 Å². The monoisotopic (exact) mass is 144 g/mol. The van der Waals surface area contributed by atoms with E-state index in [9.17, 15) is 9.90 Å². The normalized spacial score (nSPS) is 14.3. The van der Waals surface area contributed by atoms with Crippen molar-refractivity contribution in [1.29, 1.82) is 0 Å². The zero-order chi connectivity index (χ0) is 8.31. The van der Waals surface area contributed by atoms with Crippen LogP contribution in [0.2, 0.25) is 0 Å². The third-order valence-corrected chi connectivity index (χ3v) is 1.49. The summed E-state index contributed by atoms with van der Waals surface area (Å²) in [6.07, 6.45) is -0.778. The minimum Gasteiger partial charge on any atom is -0.385 e. The van der Waals surface area contributed by atoms with Crippen LogP contribution in [0.25, 0.3) is 0 Å². The Kier molecular flexibility index (Phi) is 3.58. The lowest BCUT2D eigenvalue weighted by Crippen LogP contribution is -2.29. The van der Waals surface area contributed by atoms with Crippen LogP contribution >= 0.6 is 0 Å².